The van der Waals surface area contributed by atoms with Crippen LogP contribution in [-0.2, 0) is 0 Å². The van der Waals surface area contributed by atoms with Gasteiger partial charge in [-0.2, -0.15) is 5.10 Å². The molecule has 1 aromatic heterocycles. The third kappa shape index (κ3) is 1.85. The number of benzene rings is 1. The first-order chi connectivity index (χ1) is 7.70. The number of hydrogen-bond acceptors (Lipinski definition) is 4. The summed E-state index contributed by atoms with van der Waals surface area (Å²) in [7, 11) is 1.71. The molecule has 0 atom stereocenters. The minimum atomic E-state index is -0.423. The molecule has 2 aromatic rings. The molecule has 0 saturated carbocycles. The van der Waals surface area contributed by atoms with E-state index in [1.165, 1.54) is 12.1 Å². The van der Waals surface area contributed by atoms with Crippen LogP contribution in [0.15, 0.2) is 36.7 Å². The number of non-ortho nitro benzene ring substituents is 1. The highest BCUT2D eigenvalue weighted by atomic mass is 16.6. The summed E-state index contributed by atoms with van der Waals surface area (Å²) < 4.78 is 1.58. The zero-order chi connectivity index (χ0) is 11.5. The first-order valence-corrected chi connectivity index (χ1v) is 4.68. The smallest absolute Gasteiger partial charge is 0.273 e. The van der Waals surface area contributed by atoms with Crippen LogP contribution in [0.4, 0.5) is 11.4 Å². The monoisotopic (exact) mass is 218 g/mol. The van der Waals surface area contributed by atoms with Crippen LogP contribution in [0.1, 0.15) is 0 Å². The first-order valence-electron chi connectivity index (χ1n) is 4.68. The van der Waals surface area contributed by atoms with E-state index in [9.17, 15) is 10.1 Å². The molecule has 0 amide bonds. The van der Waals surface area contributed by atoms with Gasteiger partial charge in [-0.05, 0) is 12.1 Å². The van der Waals surface area contributed by atoms with Crippen molar-refractivity contribution in [1.82, 2.24) is 9.78 Å². The topological polar surface area (TPSA) is 73.0 Å². The van der Waals surface area contributed by atoms with E-state index < -0.39 is 4.92 Å². The quantitative estimate of drug-likeness (QED) is 0.630. The summed E-state index contributed by atoms with van der Waals surface area (Å²) in [5.41, 5.74) is 1.38. The maximum atomic E-state index is 10.7. The predicted octanol–water partition coefficient (Wildman–Crippen LogP) is 1.82. The lowest BCUT2D eigenvalue weighted by atomic mass is 10.2. The first kappa shape index (κ1) is 10.2. The Bertz CT molecular complexity index is 508. The lowest BCUT2D eigenvalue weighted by Gasteiger charge is -2.05. The maximum Gasteiger partial charge on any atom is 0.273 e. The molecule has 82 valence electrons. The number of anilines is 1. The third-order valence-electron chi connectivity index (χ3n) is 2.17. The lowest BCUT2D eigenvalue weighted by molar-refractivity contribution is -0.384. The molecule has 0 saturated heterocycles. The van der Waals surface area contributed by atoms with E-state index in [1.807, 2.05) is 0 Å². The Labute approximate surface area is 91.7 Å². The Kier molecular flexibility index (Phi) is 2.55. The van der Waals surface area contributed by atoms with Gasteiger partial charge in [-0.15, -0.1) is 0 Å². The summed E-state index contributed by atoms with van der Waals surface area (Å²) in [6.07, 6.45) is 3.36. The van der Waals surface area contributed by atoms with E-state index in [1.54, 1.807) is 36.3 Å². The summed E-state index contributed by atoms with van der Waals surface area (Å²) in [5.74, 6) is 0. The van der Waals surface area contributed by atoms with Crippen molar-refractivity contribution in [3.05, 3.63) is 46.8 Å². The van der Waals surface area contributed by atoms with Gasteiger partial charge in [0.1, 0.15) is 0 Å². The molecule has 0 spiro atoms. The Morgan fingerprint density at radius 1 is 1.44 bits per heavy atom. The molecular formula is C10H10N4O2. The highest BCUT2D eigenvalue weighted by Gasteiger charge is 2.10. The average Bonchev–Trinajstić information content (AvgIpc) is 2.81. The van der Waals surface area contributed by atoms with Gasteiger partial charge in [0, 0.05) is 37.3 Å². The molecule has 0 aliphatic heterocycles. The van der Waals surface area contributed by atoms with Gasteiger partial charge in [0.2, 0.25) is 0 Å². The largest absolute Gasteiger partial charge is 0.388 e. The molecule has 6 nitrogen and oxygen atoms in total. The summed E-state index contributed by atoms with van der Waals surface area (Å²) in [6, 6.07) is 6.51. The molecule has 1 N–H and O–H groups in total. The number of aromatic nitrogens is 2. The van der Waals surface area contributed by atoms with Crippen LogP contribution in [-0.4, -0.2) is 21.8 Å². The number of nitro groups is 1. The normalized spacial score (nSPS) is 10.1. The number of rotatable bonds is 3. The molecule has 16 heavy (non-hydrogen) atoms. The Morgan fingerprint density at radius 2 is 2.25 bits per heavy atom. The SMILES string of the molecule is CNc1cc(-n2cccn2)cc([N+](=O)[O-])c1. The highest BCUT2D eigenvalue weighted by Crippen LogP contribution is 2.22. The summed E-state index contributed by atoms with van der Waals surface area (Å²) in [6.45, 7) is 0. The van der Waals surface area contributed by atoms with Gasteiger partial charge >= 0.3 is 0 Å². The third-order valence-corrected chi connectivity index (χ3v) is 2.17. The van der Waals surface area contributed by atoms with E-state index in [0.717, 1.165) is 0 Å². The molecule has 0 bridgehead atoms. The van der Waals surface area contributed by atoms with Crippen LogP contribution < -0.4 is 5.32 Å². The van der Waals surface area contributed by atoms with Gasteiger partial charge in [0.25, 0.3) is 5.69 Å². The molecule has 0 radical (unpaired) electrons. The fourth-order valence-corrected chi connectivity index (χ4v) is 1.40. The van der Waals surface area contributed by atoms with Crippen molar-refractivity contribution in [3.63, 3.8) is 0 Å². The van der Waals surface area contributed by atoms with E-state index >= 15 is 0 Å². The molecule has 2 rings (SSSR count). The van der Waals surface area contributed by atoms with Crippen molar-refractivity contribution in [3.8, 4) is 5.69 Å². The van der Waals surface area contributed by atoms with Gasteiger partial charge in [0.05, 0.1) is 10.6 Å². The van der Waals surface area contributed by atoms with Gasteiger partial charge < -0.3 is 5.32 Å². The second-order valence-corrected chi connectivity index (χ2v) is 3.20. The summed E-state index contributed by atoms with van der Waals surface area (Å²) in [5, 5.41) is 17.6. The predicted molar refractivity (Wildman–Crippen MR) is 59.8 cm³/mol. The van der Waals surface area contributed by atoms with Crippen LogP contribution in [0.2, 0.25) is 0 Å². The molecule has 0 unspecified atom stereocenters. The number of nitrogens with one attached hydrogen (secondary N) is 1. The zero-order valence-corrected chi connectivity index (χ0v) is 8.62. The molecule has 0 fully saturated rings. The van der Waals surface area contributed by atoms with E-state index in [2.05, 4.69) is 10.4 Å². The Morgan fingerprint density at radius 3 is 2.81 bits per heavy atom. The zero-order valence-electron chi connectivity index (χ0n) is 8.62. The Balaban J connectivity index is 2.53. The summed E-state index contributed by atoms with van der Waals surface area (Å²) >= 11 is 0. The van der Waals surface area contributed by atoms with E-state index in [-0.39, 0.29) is 5.69 Å². The van der Waals surface area contributed by atoms with Crippen LogP contribution in [0.25, 0.3) is 5.69 Å². The van der Waals surface area contributed by atoms with E-state index in [4.69, 9.17) is 0 Å². The second kappa shape index (κ2) is 4.01. The van der Waals surface area contributed by atoms with Crippen molar-refractivity contribution in [2.75, 3.05) is 12.4 Å². The average molecular weight is 218 g/mol. The van der Waals surface area contributed by atoms with Crippen molar-refractivity contribution in [1.29, 1.82) is 0 Å². The van der Waals surface area contributed by atoms with Crippen LogP contribution >= 0.6 is 0 Å². The number of hydrogen-bond donors (Lipinski definition) is 1. The number of nitrogens with zero attached hydrogens (tertiary/aromatic N) is 3. The van der Waals surface area contributed by atoms with Gasteiger partial charge in [-0.3, -0.25) is 10.1 Å². The van der Waals surface area contributed by atoms with E-state index in [0.29, 0.717) is 11.4 Å². The second-order valence-electron chi connectivity index (χ2n) is 3.20. The minimum absolute atomic E-state index is 0.0392. The molecule has 0 aliphatic carbocycles. The standard InChI is InChI=1S/C10H10N4O2/c1-11-8-5-9(13-4-2-3-12-13)7-10(6-8)14(15)16/h2-7,11H,1H3. The van der Waals surface area contributed by atoms with Gasteiger partial charge in [0.15, 0.2) is 0 Å². The maximum absolute atomic E-state index is 10.7. The lowest BCUT2D eigenvalue weighted by Crippen LogP contribution is -1.99. The molecule has 6 heteroatoms. The minimum Gasteiger partial charge on any atom is -0.388 e. The van der Waals surface area contributed by atoms with Crippen LogP contribution in [0.3, 0.4) is 0 Å². The van der Waals surface area contributed by atoms with Crippen LogP contribution in [0.5, 0.6) is 0 Å². The Hall–Kier alpha value is -2.37. The van der Waals surface area contributed by atoms with Crippen molar-refractivity contribution < 1.29 is 4.92 Å². The molecule has 0 aliphatic rings. The molecule has 1 heterocycles. The number of nitro benzene ring substituents is 1. The highest BCUT2D eigenvalue weighted by molar-refractivity contribution is 5.58. The fourth-order valence-electron chi connectivity index (χ4n) is 1.40. The van der Waals surface area contributed by atoms with Crippen molar-refractivity contribution in [2.45, 2.75) is 0 Å². The van der Waals surface area contributed by atoms with Gasteiger partial charge in [-0.25, -0.2) is 4.68 Å². The molecule has 1 aromatic carbocycles. The van der Waals surface area contributed by atoms with Crippen molar-refractivity contribution >= 4 is 11.4 Å². The van der Waals surface area contributed by atoms with Crippen molar-refractivity contribution in [2.24, 2.45) is 0 Å². The summed E-state index contributed by atoms with van der Waals surface area (Å²) in [4.78, 5) is 10.3. The van der Waals surface area contributed by atoms with Gasteiger partial charge in [-0.1, -0.05) is 0 Å². The fraction of sp³-hybridized carbons (Fsp3) is 0.100. The molecular weight excluding hydrogens is 208 g/mol. The van der Waals surface area contributed by atoms with Crippen LogP contribution in [0, 0.1) is 10.1 Å².